The molecule has 1 aliphatic heterocycles. The average molecular weight is 501 g/mol. The molecule has 1 aromatic carbocycles. The molecule has 1 aromatic heterocycles. The summed E-state index contributed by atoms with van der Waals surface area (Å²) >= 11 is 0. The fourth-order valence-electron chi connectivity index (χ4n) is 4.79. The summed E-state index contributed by atoms with van der Waals surface area (Å²) in [6.07, 6.45) is -9.38. The van der Waals surface area contributed by atoms with Crippen molar-refractivity contribution in [2.45, 2.75) is 88.4 Å². The van der Waals surface area contributed by atoms with E-state index in [4.69, 9.17) is 9.47 Å². The van der Waals surface area contributed by atoms with Gasteiger partial charge in [-0.05, 0) is 30.4 Å². The van der Waals surface area contributed by atoms with Crippen molar-refractivity contribution in [3.05, 3.63) is 46.6 Å². The lowest BCUT2D eigenvalue weighted by molar-refractivity contribution is -0.278. The second-order valence-electron chi connectivity index (χ2n) is 9.17. The number of halogens is 3. The number of nitrogens with zero attached hydrogens (tertiary/aromatic N) is 2. The van der Waals surface area contributed by atoms with E-state index in [-0.39, 0.29) is 17.9 Å². The molecule has 2 aliphatic rings. The lowest BCUT2D eigenvalue weighted by Crippen LogP contribution is -2.60. The van der Waals surface area contributed by atoms with Crippen molar-refractivity contribution < 1.29 is 43.1 Å². The van der Waals surface area contributed by atoms with Crippen molar-refractivity contribution in [3.8, 4) is 5.88 Å². The van der Waals surface area contributed by atoms with Crippen LogP contribution in [0.25, 0.3) is 0 Å². The van der Waals surface area contributed by atoms with Gasteiger partial charge in [-0.15, -0.1) is 5.10 Å². The summed E-state index contributed by atoms with van der Waals surface area (Å²) in [6, 6.07) is 6.76. The molecule has 0 spiro atoms. The molecule has 0 amide bonds. The number of alkyl halides is 3. The van der Waals surface area contributed by atoms with Crippen molar-refractivity contribution in [3.63, 3.8) is 0 Å². The van der Waals surface area contributed by atoms with Gasteiger partial charge < -0.3 is 29.9 Å². The maximum atomic E-state index is 14.4. The highest BCUT2D eigenvalue weighted by Crippen LogP contribution is 2.42. The number of hydrogen-bond donors (Lipinski definition) is 4. The molecule has 4 N–H and O–H groups in total. The summed E-state index contributed by atoms with van der Waals surface area (Å²) in [5, 5.41) is 44.1. The highest BCUT2D eigenvalue weighted by molar-refractivity contribution is 5.39. The van der Waals surface area contributed by atoms with Crippen LogP contribution in [-0.4, -0.2) is 67.5 Å². The summed E-state index contributed by atoms with van der Waals surface area (Å²) in [6.45, 7) is 1.29. The van der Waals surface area contributed by atoms with Gasteiger partial charge in [0.15, 0.2) is 0 Å². The highest BCUT2D eigenvalue weighted by atomic mass is 19.4. The van der Waals surface area contributed by atoms with Crippen molar-refractivity contribution in [1.29, 1.82) is 0 Å². The van der Waals surface area contributed by atoms with Crippen LogP contribution in [0.15, 0.2) is 24.3 Å². The third kappa shape index (κ3) is 5.34. The second kappa shape index (κ2) is 10.4. The quantitative estimate of drug-likeness (QED) is 0.461. The number of aliphatic hydroxyl groups is 4. The fraction of sp³-hybridized carbons (Fsp3) is 0.625. The van der Waals surface area contributed by atoms with Gasteiger partial charge in [0.25, 0.3) is 0 Å². The molecular formula is C24H31F3N2O6. The first-order valence-electron chi connectivity index (χ1n) is 11.9. The number of aromatic nitrogens is 2. The minimum absolute atomic E-state index is 0.127. The SMILES string of the molecule is CCc1ccc(Cc2c(O[C@@H]3O[C@H](CO)[C@@H](O)[C@H](O)[C@H]3O)nn(C3CCCC3)c2C(F)(F)F)cc1. The van der Waals surface area contributed by atoms with E-state index in [0.29, 0.717) is 18.4 Å². The third-order valence-electron chi connectivity index (χ3n) is 6.80. The summed E-state index contributed by atoms with van der Waals surface area (Å²) in [4.78, 5) is 0. The second-order valence-corrected chi connectivity index (χ2v) is 9.17. The van der Waals surface area contributed by atoms with Crippen LogP contribution in [0.2, 0.25) is 0 Å². The number of hydrogen-bond acceptors (Lipinski definition) is 7. The van der Waals surface area contributed by atoms with E-state index in [2.05, 4.69) is 5.10 Å². The minimum atomic E-state index is -4.72. The lowest BCUT2D eigenvalue weighted by Gasteiger charge is -2.39. The summed E-state index contributed by atoms with van der Waals surface area (Å²) in [5.74, 6) is -0.367. The van der Waals surface area contributed by atoms with Gasteiger partial charge in [-0.2, -0.15) is 13.2 Å². The van der Waals surface area contributed by atoms with Crippen molar-refractivity contribution in [2.24, 2.45) is 0 Å². The molecule has 1 saturated carbocycles. The van der Waals surface area contributed by atoms with Crippen molar-refractivity contribution >= 4 is 0 Å². The maximum absolute atomic E-state index is 14.4. The van der Waals surface area contributed by atoms with Gasteiger partial charge in [0.1, 0.15) is 30.1 Å². The molecule has 8 nitrogen and oxygen atoms in total. The zero-order chi connectivity index (χ0) is 25.3. The molecule has 5 atom stereocenters. The van der Waals surface area contributed by atoms with Crippen LogP contribution in [0.4, 0.5) is 13.2 Å². The normalized spacial score (nSPS) is 27.9. The minimum Gasteiger partial charge on any atom is -0.443 e. The van der Waals surface area contributed by atoms with Gasteiger partial charge in [0.05, 0.1) is 18.2 Å². The summed E-state index contributed by atoms with van der Waals surface area (Å²) in [7, 11) is 0. The Morgan fingerprint density at radius 3 is 2.23 bits per heavy atom. The van der Waals surface area contributed by atoms with E-state index in [1.54, 1.807) is 12.1 Å². The first-order valence-corrected chi connectivity index (χ1v) is 11.9. The Kier molecular flexibility index (Phi) is 7.72. The predicted octanol–water partition coefficient (Wildman–Crippen LogP) is 2.35. The highest BCUT2D eigenvalue weighted by Gasteiger charge is 2.47. The molecule has 4 rings (SSSR count). The van der Waals surface area contributed by atoms with E-state index in [9.17, 15) is 33.6 Å². The Hall–Kier alpha value is -2.18. The molecule has 2 heterocycles. The van der Waals surface area contributed by atoms with Crippen LogP contribution in [0.1, 0.15) is 61.0 Å². The van der Waals surface area contributed by atoms with E-state index in [1.165, 1.54) is 0 Å². The van der Waals surface area contributed by atoms with Gasteiger partial charge in [0.2, 0.25) is 12.2 Å². The van der Waals surface area contributed by atoms with Gasteiger partial charge in [-0.25, -0.2) is 0 Å². The van der Waals surface area contributed by atoms with Crippen LogP contribution in [0, 0.1) is 0 Å². The van der Waals surface area contributed by atoms with Crippen LogP contribution >= 0.6 is 0 Å². The van der Waals surface area contributed by atoms with Crippen molar-refractivity contribution in [2.75, 3.05) is 6.61 Å². The van der Waals surface area contributed by atoms with Gasteiger partial charge >= 0.3 is 6.18 Å². The number of aryl methyl sites for hydroxylation is 1. The molecule has 0 radical (unpaired) electrons. The zero-order valence-corrected chi connectivity index (χ0v) is 19.4. The molecule has 0 bridgehead atoms. The van der Waals surface area contributed by atoms with Crippen molar-refractivity contribution in [1.82, 2.24) is 9.78 Å². The summed E-state index contributed by atoms with van der Waals surface area (Å²) < 4.78 is 55.1. The molecule has 1 saturated heterocycles. The topological polar surface area (TPSA) is 117 Å². The molecular weight excluding hydrogens is 469 g/mol. The first-order chi connectivity index (χ1) is 16.6. The van der Waals surface area contributed by atoms with E-state index in [1.807, 2.05) is 19.1 Å². The molecule has 11 heteroatoms. The molecule has 1 aliphatic carbocycles. The Bertz CT molecular complexity index is 988. The van der Waals surface area contributed by atoms with E-state index in [0.717, 1.165) is 29.5 Å². The Morgan fingerprint density at radius 2 is 1.66 bits per heavy atom. The zero-order valence-electron chi connectivity index (χ0n) is 19.4. The smallest absolute Gasteiger partial charge is 0.433 e. The van der Waals surface area contributed by atoms with Gasteiger partial charge in [0, 0.05) is 6.42 Å². The molecule has 2 aromatic rings. The van der Waals surface area contributed by atoms with E-state index < -0.39 is 55.2 Å². The molecule has 35 heavy (non-hydrogen) atoms. The average Bonchev–Trinajstić information content (AvgIpc) is 3.48. The molecule has 194 valence electrons. The van der Waals surface area contributed by atoms with Crippen LogP contribution in [-0.2, 0) is 23.8 Å². The Labute approximate surface area is 200 Å². The Morgan fingerprint density at radius 1 is 1.03 bits per heavy atom. The number of benzene rings is 1. The monoisotopic (exact) mass is 500 g/mol. The molecule has 2 fully saturated rings. The number of aliphatic hydroxyl groups excluding tert-OH is 4. The first kappa shape index (κ1) is 25.9. The Balaban J connectivity index is 1.75. The fourth-order valence-corrected chi connectivity index (χ4v) is 4.79. The standard InChI is InChI=1S/C24H31F3N2O6/c1-2-13-7-9-14(10-8-13)11-16-21(24(25,26)27)29(15-5-3-4-6-15)28-22(16)35-23-20(33)19(32)18(31)17(12-30)34-23/h7-10,15,17-20,23,30-33H,2-6,11-12H2,1H3/t17-,18-,19+,20-,23+/m1/s1. The van der Waals surface area contributed by atoms with Crippen LogP contribution in [0.5, 0.6) is 5.88 Å². The number of ether oxygens (including phenoxy) is 2. The largest absolute Gasteiger partial charge is 0.443 e. The van der Waals surface area contributed by atoms with Crippen LogP contribution < -0.4 is 4.74 Å². The lowest BCUT2D eigenvalue weighted by atomic mass is 9.99. The van der Waals surface area contributed by atoms with Gasteiger partial charge in [-0.3, -0.25) is 4.68 Å². The maximum Gasteiger partial charge on any atom is 0.433 e. The molecule has 0 unspecified atom stereocenters. The number of rotatable bonds is 7. The van der Waals surface area contributed by atoms with Gasteiger partial charge in [-0.1, -0.05) is 44.0 Å². The summed E-state index contributed by atoms with van der Waals surface area (Å²) in [5.41, 5.74) is 0.552. The van der Waals surface area contributed by atoms with E-state index >= 15 is 0 Å². The predicted molar refractivity (Wildman–Crippen MR) is 118 cm³/mol. The third-order valence-corrected chi connectivity index (χ3v) is 6.80. The van der Waals surface area contributed by atoms with Crippen LogP contribution in [0.3, 0.4) is 0 Å².